The molecule has 0 aromatic carbocycles. The highest BCUT2D eigenvalue weighted by molar-refractivity contribution is 5.91. The summed E-state index contributed by atoms with van der Waals surface area (Å²) in [6, 6.07) is 3.82. The number of hydrogen-bond donors (Lipinski definition) is 1. The lowest BCUT2D eigenvalue weighted by Gasteiger charge is -2.33. The van der Waals surface area contributed by atoms with Crippen LogP contribution in [0.25, 0.3) is 0 Å². The first-order valence-corrected chi connectivity index (χ1v) is 8.18. The maximum atomic E-state index is 11.7. The summed E-state index contributed by atoms with van der Waals surface area (Å²) in [5, 5.41) is 6.99. The largest absolute Gasteiger partial charge is 0.478 e. The van der Waals surface area contributed by atoms with Crippen LogP contribution in [0.5, 0.6) is 5.88 Å². The molecule has 3 rings (SSSR count). The fraction of sp³-hybridized carbons (Fsp3) is 0.500. The first-order chi connectivity index (χ1) is 11.7. The van der Waals surface area contributed by atoms with Crippen molar-refractivity contribution < 1.29 is 9.53 Å². The van der Waals surface area contributed by atoms with Crippen LogP contribution in [0, 0.1) is 0 Å². The van der Waals surface area contributed by atoms with Crippen molar-refractivity contribution >= 4 is 11.7 Å². The molecule has 0 bridgehead atoms. The quantitative estimate of drug-likeness (QED) is 0.889. The van der Waals surface area contributed by atoms with Crippen LogP contribution in [0.2, 0.25) is 0 Å². The summed E-state index contributed by atoms with van der Waals surface area (Å²) >= 11 is 0. The summed E-state index contributed by atoms with van der Waals surface area (Å²) in [7, 11) is 1.61. The Morgan fingerprint density at radius 2 is 2.33 bits per heavy atom. The van der Waals surface area contributed by atoms with Gasteiger partial charge in [0.15, 0.2) is 0 Å². The predicted octanol–water partition coefficient (Wildman–Crippen LogP) is 1.27. The van der Waals surface area contributed by atoms with Crippen LogP contribution in [-0.2, 0) is 0 Å². The normalized spacial score (nSPS) is 17.6. The number of hydrogen-bond acceptors (Lipinski definition) is 6. The molecule has 0 radical (unpaired) electrons. The molecule has 1 amide bonds. The van der Waals surface area contributed by atoms with E-state index in [1.165, 1.54) is 6.33 Å². The number of anilines is 1. The third kappa shape index (κ3) is 3.47. The number of amides is 1. The van der Waals surface area contributed by atoms with E-state index in [1.54, 1.807) is 13.1 Å². The average Bonchev–Trinajstić information content (AvgIpc) is 3.12. The fourth-order valence-electron chi connectivity index (χ4n) is 2.90. The molecule has 0 aliphatic carbocycles. The Hall–Kier alpha value is -2.64. The molecule has 24 heavy (non-hydrogen) atoms. The molecule has 1 fully saturated rings. The van der Waals surface area contributed by atoms with E-state index in [0.717, 1.165) is 31.7 Å². The average molecular weight is 330 g/mol. The molecule has 2 aromatic heterocycles. The number of piperidine rings is 1. The van der Waals surface area contributed by atoms with Gasteiger partial charge in [-0.2, -0.15) is 5.10 Å². The van der Waals surface area contributed by atoms with Crippen molar-refractivity contribution in [3.8, 4) is 5.88 Å². The summed E-state index contributed by atoms with van der Waals surface area (Å²) in [6.45, 7) is 4.23. The van der Waals surface area contributed by atoms with Gasteiger partial charge in [-0.3, -0.25) is 9.48 Å². The molecule has 1 saturated heterocycles. The molecule has 0 unspecified atom stereocenters. The van der Waals surface area contributed by atoms with Crippen molar-refractivity contribution in [1.82, 2.24) is 25.1 Å². The maximum Gasteiger partial charge on any atom is 0.271 e. The Balaban J connectivity index is 1.73. The second-order valence-corrected chi connectivity index (χ2v) is 5.65. The van der Waals surface area contributed by atoms with Crippen LogP contribution in [0.4, 0.5) is 5.82 Å². The van der Waals surface area contributed by atoms with Gasteiger partial charge >= 0.3 is 0 Å². The second-order valence-electron chi connectivity index (χ2n) is 5.65. The van der Waals surface area contributed by atoms with Gasteiger partial charge in [-0.05, 0) is 25.8 Å². The van der Waals surface area contributed by atoms with Crippen LogP contribution < -0.4 is 15.0 Å². The van der Waals surface area contributed by atoms with Gasteiger partial charge in [-0.25, -0.2) is 9.97 Å². The Kier molecular flexibility index (Phi) is 4.93. The molecule has 2 aromatic rings. The van der Waals surface area contributed by atoms with Crippen LogP contribution in [0.3, 0.4) is 0 Å². The number of rotatable bonds is 5. The first kappa shape index (κ1) is 16.2. The van der Waals surface area contributed by atoms with E-state index < -0.39 is 0 Å². The number of carbonyl (C=O) groups is 1. The minimum absolute atomic E-state index is 0.168. The molecular formula is C16H22N6O2. The van der Waals surface area contributed by atoms with Crippen molar-refractivity contribution in [3.63, 3.8) is 0 Å². The highest BCUT2D eigenvalue weighted by Crippen LogP contribution is 2.26. The first-order valence-electron chi connectivity index (χ1n) is 8.18. The second kappa shape index (κ2) is 7.29. The molecule has 0 spiro atoms. The van der Waals surface area contributed by atoms with Gasteiger partial charge in [-0.15, -0.1) is 0 Å². The van der Waals surface area contributed by atoms with Crippen LogP contribution in [0.15, 0.2) is 24.7 Å². The van der Waals surface area contributed by atoms with Crippen LogP contribution >= 0.6 is 0 Å². The van der Waals surface area contributed by atoms with Gasteiger partial charge in [0.05, 0.1) is 12.6 Å². The third-order valence-corrected chi connectivity index (χ3v) is 4.08. The van der Waals surface area contributed by atoms with Crippen LogP contribution in [-0.4, -0.2) is 52.4 Å². The number of nitrogens with zero attached hydrogens (tertiary/aromatic N) is 5. The highest BCUT2D eigenvalue weighted by atomic mass is 16.5. The lowest BCUT2D eigenvalue weighted by molar-refractivity contribution is 0.0957. The molecule has 8 heteroatoms. The van der Waals surface area contributed by atoms with E-state index in [2.05, 4.69) is 25.3 Å². The van der Waals surface area contributed by atoms with Gasteiger partial charge < -0.3 is 15.0 Å². The van der Waals surface area contributed by atoms with Gasteiger partial charge in [0, 0.05) is 32.4 Å². The minimum Gasteiger partial charge on any atom is -0.478 e. The summed E-state index contributed by atoms with van der Waals surface area (Å²) in [6.07, 6.45) is 5.45. The Labute approximate surface area is 140 Å². The number of nitrogens with one attached hydrogen (secondary N) is 1. The molecule has 0 saturated carbocycles. The lowest BCUT2D eigenvalue weighted by atomic mass is 10.1. The summed E-state index contributed by atoms with van der Waals surface area (Å²) < 4.78 is 7.33. The van der Waals surface area contributed by atoms with Crippen LogP contribution in [0.1, 0.15) is 36.3 Å². The van der Waals surface area contributed by atoms with Gasteiger partial charge in [0.2, 0.25) is 5.88 Å². The Bertz CT molecular complexity index is 701. The standard InChI is InChI=1S/C16H22N6O2/c1-3-24-15-9-14(18-11-19-15)21-7-4-5-12(10-21)22-8-6-13(20-22)16(23)17-2/h6,8-9,11-12H,3-5,7,10H2,1-2H3,(H,17,23)/t12-/m0/s1. The molecule has 8 nitrogen and oxygen atoms in total. The molecule has 1 N–H and O–H groups in total. The van der Waals surface area contributed by atoms with Gasteiger partial charge in [-0.1, -0.05) is 0 Å². The van der Waals surface area contributed by atoms with Crippen molar-refractivity contribution in [2.75, 3.05) is 31.6 Å². The third-order valence-electron chi connectivity index (χ3n) is 4.08. The minimum atomic E-state index is -0.168. The smallest absolute Gasteiger partial charge is 0.271 e. The van der Waals surface area contributed by atoms with Crippen molar-refractivity contribution in [2.24, 2.45) is 0 Å². The monoisotopic (exact) mass is 330 g/mol. The van der Waals surface area contributed by atoms with Crippen molar-refractivity contribution in [3.05, 3.63) is 30.4 Å². The summed E-state index contributed by atoms with van der Waals surface area (Å²) in [5.41, 5.74) is 0.440. The zero-order valence-corrected chi connectivity index (χ0v) is 14.0. The molecule has 1 atom stereocenters. The van der Waals surface area contributed by atoms with Crippen molar-refractivity contribution in [1.29, 1.82) is 0 Å². The maximum absolute atomic E-state index is 11.7. The predicted molar refractivity (Wildman–Crippen MR) is 89.3 cm³/mol. The topological polar surface area (TPSA) is 85.2 Å². The summed E-state index contributed by atoms with van der Waals surface area (Å²) in [5.74, 6) is 1.28. The van der Waals surface area contributed by atoms with Gasteiger partial charge in [0.1, 0.15) is 17.8 Å². The fourth-order valence-corrected chi connectivity index (χ4v) is 2.90. The zero-order valence-electron chi connectivity index (χ0n) is 14.0. The highest BCUT2D eigenvalue weighted by Gasteiger charge is 2.24. The van der Waals surface area contributed by atoms with E-state index in [1.807, 2.05) is 23.9 Å². The number of ether oxygens (including phenoxy) is 1. The van der Waals surface area contributed by atoms with Crippen molar-refractivity contribution in [2.45, 2.75) is 25.8 Å². The zero-order chi connectivity index (χ0) is 16.9. The number of aromatic nitrogens is 4. The molecule has 1 aliphatic rings. The summed E-state index contributed by atoms with van der Waals surface area (Å²) in [4.78, 5) is 22.3. The van der Waals surface area contributed by atoms with E-state index in [9.17, 15) is 4.79 Å². The van der Waals surface area contributed by atoms with E-state index >= 15 is 0 Å². The van der Waals surface area contributed by atoms with E-state index in [-0.39, 0.29) is 11.9 Å². The molecule has 3 heterocycles. The van der Waals surface area contributed by atoms with Gasteiger partial charge in [0.25, 0.3) is 5.91 Å². The Morgan fingerprint density at radius 3 is 3.12 bits per heavy atom. The van der Waals surface area contributed by atoms with E-state index in [0.29, 0.717) is 18.2 Å². The molecule has 128 valence electrons. The SMILES string of the molecule is CCOc1cc(N2CCC[C@H](n3ccc(C(=O)NC)n3)C2)ncn1. The molecular weight excluding hydrogens is 308 g/mol. The van der Waals surface area contributed by atoms with E-state index in [4.69, 9.17) is 4.74 Å². The lowest BCUT2D eigenvalue weighted by Crippen LogP contribution is -2.37. The number of carbonyl (C=O) groups excluding carboxylic acids is 1. The Morgan fingerprint density at radius 1 is 1.46 bits per heavy atom. The molecule has 1 aliphatic heterocycles.